The molecule has 110 valence electrons. The number of likely N-dealkylation sites (N-methyl/N-ethyl adjacent to an activating group) is 1. The Balaban J connectivity index is 2.56. The summed E-state index contributed by atoms with van der Waals surface area (Å²) in [5.41, 5.74) is 0.616. The maximum atomic E-state index is 11.9. The van der Waals surface area contributed by atoms with Crippen molar-refractivity contribution >= 4 is 17.6 Å². The largest absolute Gasteiger partial charge is 0.492 e. The Bertz CT molecular complexity index is 462. The van der Waals surface area contributed by atoms with Crippen molar-refractivity contribution in [3.05, 3.63) is 24.3 Å². The Morgan fingerprint density at radius 2 is 1.95 bits per heavy atom. The number of amides is 1. The van der Waals surface area contributed by atoms with Gasteiger partial charge in [0.2, 0.25) is 5.91 Å². The van der Waals surface area contributed by atoms with Crippen molar-refractivity contribution in [3.63, 3.8) is 0 Å². The summed E-state index contributed by atoms with van der Waals surface area (Å²) in [6, 6.07) is 7.21. The van der Waals surface area contributed by atoms with E-state index in [1.165, 1.54) is 7.11 Å². The molecule has 0 aliphatic rings. The topological polar surface area (TPSA) is 67.9 Å². The Morgan fingerprint density at radius 1 is 1.25 bits per heavy atom. The van der Waals surface area contributed by atoms with E-state index in [-0.39, 0.29) is 25.0 Å². The minimum absolute atomic E-state index is 0.0665. The summed E-state index contributed by atoms with van der Waals surface area (Å²) in [6.07, 6.45) is 0. The molecule has 6 nitrogen and oxygen atoms in total. The Morgan fingerprint density at radius 3 is 2.60 bits per heavy atom. The molecule has 0 aromatic heterocycles. The maximum absolute atomic E-state index is 11.9. The molecule has 0 unspecified atom stereocenters. The minimum Gasteiger partial charge on any atom is -0.492 e. The molecule has 0 fully saturated rings. The van der Waals surface area contributed by atoms with E-state index in [4.69, 9.17) is 4.74 Å². The second-order valence-electron chi connectivity index (χ2n) is 4.23. The maximum Gasteiger partial charge on any atom is 0.319 e. The third-order valence-corrected chi connectivity index (χ3v) is 2.50. The Hall–Kier alpha value is -2.08. The van der Waals surface area contributed by atoms with Gasteiger partial charge < -0.3 is 14.8 Å². The number of ether oxygens (including phenoxy) is 2. The lowest BCUT2D eigenvalue weighted by Gasteiger charge is -2.16. The third kappa shape index (κ3) is 5.27. The highest BCUT2D eigenvalue weighted by atomic mass is 16.5. The molecule has 0 spiro atoms. The molecule has 0 heterocycles. The Kier molecular flexibility index (Phi) is 6.52. The molecule has 1 N–H and O–H groups in total. The van der Waals surface area contributed by atoms with Crippen LogP contribution in [0.2, 0.25) is 0 Å². The van der Waals surface area contributed by atoms with Crippen LogP contribution in [0.3, 0.4) is 0 Å². The fraction of sp³-hybridized carbons (Fsp3) is 0.429. The summed E-state index contributed by atoms with van der Waals surface area (Å²) in [7, 11) is 2.99. The number of para-hydroxylation sites is 2. The van der Waals surface area contributed by atoms with Gasteiger partial charge in [-0.15, -0.1) is 0 Å². The smallest absolute Gasteiger partial charge is 0.319 e. The van der Waals surface area contributed by atoms with Crippen molar-refractivity contribution in [2.75, 3.05) is 39.2 Å². The second kappa shape index (κ2) is 8.16. The SMILES string of the molecule is CCOc1ccccc1NC(=O)CN(C)CC(=O)OC. The van der Waals surface area contributed by atoms with E-state index in [1.807, 2.05) is 19.1 Å². The quantitative estimate of drug-likeness (QED) is 0.758. The monoisotopic (exact) mass is 280 g/mol. The molecule has 0 saturated carbocycles. The van der Waals surface area contributed by atoms with Crippen molar-refractivity contribution < 1.29 is 19.1 Å². The number of hydrogen-bond acceptors (Lipinski definition) is 5. The van der Waals surface area contributed by atoms with E-state index >= 15 is 0 Å². The fourth-order valence-electron chi connectivity index (χ4n) is 1.63. The van der Waals surface area contributed by atoms with E-state index in [2.05, 4.69) is 10.1 Å². The number of carbonyl (C=O) groups excluding carboxylic acids is 2. The van der Waals surface area contributed by atoms with Crippen LogP contribution in [-0.2, 0) is 14.3 Å². The summed E-state index contributed by atoms with van der Waals surface area (Å²) in [6.45, 7) is 2.56. The number of nitrogens with one attached hydrogen (secondary N) is 1. The first kappa shape index (κ1) is 16.0. The number of benzene rings is 1. The van der Waals surface area contributed by atoms with Crippen LogP contribution >= 0.6 is 0 Å². The van der Waals surface area contributed by atoms with Crippen LogP contribution < -0.4 is 10.1 Å². The summed E-state index contributed by atoms with van der Waals surface area (Å²) in [4.78, 5) is 24.5. The number of nitrogens with zero attached hydrogens (tertiary/aromatic N) is 1. The van der Waals surface area contributed by atoms with Gasteiger partial charge in [-0.25, -0.2) is 0 Å². The average Bonchev–Trinajstić information content (AvgIpc) is 2.40. The van der Waals surface area contributed by atoms with Gasteiger partial charge in [0.1, 0.15) is 5.75 Å². The molecule has 6 heteroatoms. The average molecular weight is 280 g/mol. The first-order valence-corrected chi connectivity index (χ1v) is 6.33. The van der Waals surface area contributed by atoms with Gasteiger partial charge in [0.15, 0.2) is 0 Å². The highest BCUT2D eigenvalue weighted by Gasteiger charge is 2.12. The molecular formula is C14H20N2O4. The normalized spacial score (nSPS) is 10.2. The van der Waals surface area contributed by atoms with Crippen molar-refractivity contribution in [1.82, 2.24) is 4.90 Å². The van der Waals surface area contributed by atoms with E-state index in [1.54, 1.807) is 24.1 Å². The summed E-state index contributed by atoms with van der Waals surface area (Å²) in [5.74, 6) is 0.0255. The van der Waals surface area contributed by atoms with Crippen LogP contribution in [0.5, 0.6) is 5.75 Å². The number of methoxy groups -OCH3 is 1. The van der Waals surface area contributed by atoms with Crippen LogP contribution in [0.4, 0.5) is 5.69 Å². The number of anilines is 1. The zero-order chi connectivity index (χ0) is 15.0. The van der Waals surface area contributed by atoms with Gasteiger partial charge in [-0.1, -0.05) is 12.1 Å². The number of rotatable bonds is 7. The highest BCUT2D eigenvalue weighted by molar-refractivity contribution is 5.93. The molecule has 0 radical (unpaired) electrons. The first-order valence-electron chi connectivity index (χ1n) is 6.33. The van der Waals surface area contributed by atoms with Gasteiger partial charge in [-0.3, -0.25) is 14.5 Å². The third-order valence-electron chi connectivity index (χ3n) is 2.50. The zero-order valence-electron chi connectivity index (χ0n) is 12.0. The summed E-state index contributed by atoms with van der Waals surface area (Å²) < 4.78 is 9.96. The van der Waals surface area contributed by atoms with Crippen LogP contribution in [0, 0.1) is 0 Å². The van der Waals surface area contributed by atoms with Gasteiger partial charge >= 0.3 is 5.97 Å². The lowest BCUT2D eigenvalue weighted by atomic mass is 10.3. The molecule has 20 heavy (non-hydrogen) atoms. The second-order valence-corrected chi connectivity index (χ2v) is 4.23. The van der Waals surface area contributed by atoms with Crippen molar-refractivity contribution in [3.8, 4) is 5.75 Å². The number of esters is 1. The van der Waals surface area contributed by atoms with E-state index < -0.39 is 0 Å². The molecule has 0 bridgehead atoms. The van der Waals surface area contributed by atoms with Gasteiger partial charge in [0.05, 0.1) is 32.5 Å². The van der Waals surface area contributed by atoms with Crippen molar-refractivity contribution in [1.29, 1.82) is 0 Å². The molecule has 0 aliphatic carbocycles. The number of carbonyl (C=O) groups is 2. The Labute approximate surface area is 118 Å². The summed E-state index contributed by atoms with van der Waals surface area (Å²) in [5, 5.41) is 2.76. The number of hydrogen-bond donors (Lipinski definition) is 1. The minimum atomic E-state index is -0.380. The molecule has 1 rings (SSSR count). The molecule has 0 aliphatic heterocycles. The summed E-state index contributed by atoms with van der Waals surface area (Å²) >= 11 is 0. The highest BCUT2D eigenvalue weighted by Crippen LogP contribution is 2.23. The van der Waals surface area contributed by atoms with Crippen molar-refractivity contribution in [2.45, 2.75) is 6.92 Å². The van der Waals surface area contributed by atoms with Crippen LogP contribution in [0.15, 0.2) is 24.3 Å². The molecule has 1 amide bonds. The molecule has 0 atom stereocenters. The fourth-order valence-corrected chi connectivity index (χ4v) is 1.63. The lowest BCUT2D eigenvalue weighted by molar-refractivity contribution is -0.141. The van der Waals surface area contributed by atoms with Gasteiger partial charge in [-0.05, 0) is 26.1 Å². The molecular weight excluding hydrogens is 260 g/mol. The van der Waals surface area contributed by atoms with E-state index in [9.17, 15) is 9.59 Å². The lowest BCUT2D eigenvalue weighted by Crippen LogP contribution is -2.34. The zero-order valence-corrected chi connectivity index (χ0v) is 12.0. The van der Waals surface area contributed by atoms with Gasteiger partial charge in [-0.2, -0.15) is 0 Å². The molecule has 0 saturated heterocycles. The van der Waals surface area contributed by atoms with Gasteiger partial charge in [0, 0.05) is 0 Å². The van der Waals surface area contributed by atoms with Crippen LogP contribution in [0.25, 0.3) is 0 Å². The molecule has 1 aromatic rings. The van der Waals surface area contributed by atoms with E-state index in [0.29, 0.717) is 18.0 Å². The van der Waals surface area contributed by atoms with Gasteiger partial charge in [0.25, 0.3) is 0 Å². The molecule has 1 aromatic carbocycles. The van der Waals surface area contributed by atoms with Crippen LogP contribution in [-0.4, -0.2) is 50.6 Å². The standard InChI is InChI=1S/C14H20N2O4/c1-4-20-12-8-6-5-7-11(12)15-13(17)9-16(2)10-14(18)19-3/h5-8H,4,9-10H2,1-3H3,(H,15,17). The predicted molar refractivity (Wildman–Crippen MR) is 75.8 cm³/mol. The first-order chi connectivity index (χ1) is 9.56. The van der Waals surface area contributed by atoms with Crippen LogP contribution in [0.1, 0.15) is 6.92 Å². The predicted octanol–water partition coefficient (Wildman–Crippen LogP) is 1.13. The van der Waals surface area contributed by atoms with Crippen molar-refractivity contribution in [2.24, 2.45) is 0 Å². The van der Waals surface area contributed by atoms with E-state index in [0.717, 1.165) is 0 Å².